The van der Waals surface area contributed by atoms with Crippen LogP contribution in [0.4, 0.5) is 0 Å². The molecule has 1 N–H and O–H groups in total. The van der Waals surface area contributed by atoms with E-state index in [1.54, 1.807) is 6.20 Å². The Balaban J connectivity index is 2.19. The van der Waals surface area contributed by atoms with Crippen LogP contribution in [0.3, 0.4) is 0 Å². The highest BCUT2D eigenvalue weighted by atomic mass is 79.9. The number of halogens is 1. The number of aromatic nitrogens is 2. The molecule has 96 valence electrons. The monoisotopic (exact) mass is 308 g/mol. The van der Waals surface area contributed by atoms with Gasteiger partial charge in [-0.2, -0.15) is 0 Å². The molecule has 0 spiro atoms. The number of nitrogens with zero attached hydrogens (tertiary/aromatic N) is 2. The van der Waals surface area contributed by atoms with Crippen LogP contribution in [-0.2, 0) is 13.0 Å². The number of aliphatic hydroxyl groups excluding tert-OH is 1. The molecule has 0 bridgehead atoms. The van der Waals surface area contributed by atoms with Gasteiger partial charge in [-0.3, -0.25) is 0 Å². The predicted molar refractivity (Wildman–Crippen MR) is 75.4 cm³/mol. The van der Waals surface area contributed by atoms with Gasteiger partial charge < -0.3 is 9.67 Å². The fourth-order valence-corrected chi connectivity index (χ4v) is 2.69. The summed E-state index contributed by atoms with van der Waals surface area (Å²) in [6.07, 6.45) is 3.73. The zero-order chi connectivity index (χ0) is 13.1. The molecule has 0 aliphatic rings. The summed E-state index contributed by atoms with van der Waals surface area (Å²) in [5.74, 6) is 0.919. The van der Waals surface area contributed by atoms with Gasteiger partial charge >= 0.3 is 0 Å². The molecule has 1 aromatic carbocycles. The Kier molecular flexibility index (Phi) is 4.19. The SMILES string of the molecule is CCn1ccnc1CC(O)c1cc(C)cc(Br)c1. The average molecular weight is 309 g/mol. The van der Waals surface area contributed by atoms with E-state index in [4.69, 9.17) is 0 Å². The molecule has 1 unspecified atom stereocenters. The summed E-state index contributed by atoms with van der Waals surface area (Å²) in [7, 11) is 0. The quantitative estimate of drug-likeness (QED) is 0.941. The summed E-state index contributed by atoms with van der Waals surface area (Å²) in [5, 5.41) is 10.3. The molecule has 0 saturated carbocycles. The van der Waals surface area contributed by atoms with E-state index < -0.39 is 6.10 Å². The van der Waals surface area contributed by atoms with Gasteiger partial charge in [-0.05, 0) is 37.1 Å². The average Bonchev–Trinajstić information content (AvgIpc) is 2.75. The highest BCUT2D eigenvalue weighted by molar-refractivity contribution is 9.10. The molecule has 2 aromatic rings. The second-order valence-electron chi connectivity index (χ2n) is 4.41. The summed E-state index contributed by atoms with van der Waals surface area (Å²) >= 11 is 3.46. The van der Waals surface area contributed by atoms with Gasteiger partial charge in [-0.1, -0.05) is 22.0 Å². The maximum atomic E-state index is 10.3. The molecule has 0 radical (unpaired) electrons. The number of hydrogen-bond donors (Lipinski definition) is 1. The lowest BCUT2D eigenvalue weighted by molar-refractivity contribution is 0.174. The van der Waals surface area contributed by atoms with Crippen molar-refractivity contribution in [3.05, 3.63) is 52.0 Å². The third kappa shape index (κ3) is 3.00. The first kappa shape index (κ1) is 13.3. The van der Waals surface area contributed by atoms with Gasteiger partial charge in [-0.25, -0.2) is 4.98 Å². The molecule has 3 nitrogen and oxygen atoms in total. The molecule has 4 heteroatoms. The Bertz CT molecular complexity index is 516. The fourth-order valence-electron chi connectivity index (χ4n) is 2.07. The molecule has 1 aromatic heterocycles. The first-order valence-electron chi connectivity index (χ1n) is 6.05. The molecule has 0 saturated heterocycles. The molecule has 18 heavy (non-hydrogen) atoms. The van der Waals surface area contributed by atoms with Gasteiger partial charge in [0, 0.05) is 29.8 Å². The summed E-state index contributed by atoms with van der Waals surface area (Å²) in [5.41, 5.74) is 2.06. The highest BCUT2D eigenvalue weighted by Gasteiger charge is 2.12. The van der Waals surface area contributed by atoms with E-state index in [-0.39, 0.29) is 0 Å². The Morgan fingerprint density at radius 3 is 2.83 bits per heavy atom. The van der Waals surface area contributed by atoms with Crippen molar-refractivity contribution in [2.75, 3.05) is 0 Å². The minimum absolute atomic E-state index is 0.520. The van der Waals surface area contributed by atoms with Crippen molar-refractivity contribution in [3.8, 4) is 0 Å². The molecule has 1 heterocycles. The van der Waals surface area contributed by atoms with Crippen molar-refractivity contribution >= 4 is 15.9 Å². The Labute approximate surface area is 116 Å². The molecule has 1 atom stereocenters. The zero-order valence-electron chi connectivity index (χ0n) is 10.6. The summed E-state index contributed by atoms with van der Waals surface area (Å²) in [4.78, 5) is 4.29. The fraction of sp³-hybridized carbons (Fsp3) is 0.357. The number of imidazole rings is 1. The molecule has 0 amide bonds. The smallest absolute Gasteiger partial charge is 0.111 e. The maximum Gasteiger partial charge on any atom is 0.111 e. The summed E-state index contributed by atoms with van der Waals surface area (Å²) < 4.78 is 3.05. The highest BCUT2D eigenvalue weighted by Crippen LogP contribution is 2.23. The molecule has 0 fully saturated rings. The Morgan fingerprint density at radius 2 is 2.17 bits per heavy atom. The summed E-state index contributed by atoms with van der Waals surface area (Å²) in [6.45, 7) is 4.97. The lowest BCUT2D eigenvalue weighted by atomic mass is 10.0. The number of rotatable bonds is 4. The van der Waals surface area contributed by atoms with Crippen molar-refractivity contribution in [2.45, 2.75) is 32.9 Å². The number of aryl methyl sites for hydroxylation is 2. The Hall–Kier alpha value is -1.13. The van der Waals surface area contributed by atoms with Crippen LogP contribution >= 0.6 is 15.9 Å². The van der Waals surface area contributed by atoms with Crippen LogP contribution in [-0.4, -0.2) is 14.7 Å². The first-order chi connectivity index (χ1) is 8.60. The van der Waals surface area contributed by atoms with Crippen LogP contribution in [0.2, 0.25) is 0 Å². The van der Waals surface area contributed by atoms with E-state index in [0.717, 1.165) is 28.0 Å². The minimum atomic E-state index is -0.520. The van der Waals surface area contributed by atoms with E-state index >= 15 is 0 Å². The van der Waals surface area contributed by atoms with Gasteiger partial charge in [0.2, 0.25) is 0 Å². The maximum absolute atomic E-state index is 10.3. The van der Waals surface area contributed by atoms with Gasteiger partial charge in [0.05, 0.1) is 6.10 Å². The van der Waals surface area contributed by atoms with Crippen LogP contribution in [0.1, 0.15) is 30.0 Å². The van der Waals surface area contributed by atoms with Crippen LogP contribution in [0.25, 0.3) is 0 Å². The number of aliphatic hydroxyl groups is 1. The number of hydrogen-bond acceptors (Lipinski definition) is 2. The molecule has 2 rings (SSSR count). The van der Waals surface area contributed by atoms with Crippen molar-refractivity contribution in [1.29, 1.82) is 0 Å². The van der Waals surface area contributed by atoms with E-state index in [1.807, 2.05) is 35.9 Å². The van der Waals surface area contributed by atoms with E-state index in [1.165, 1.54) is 0 Å². The molecular formula is C14H17BrN2O. The van der Waals surface area contributed by atoms with Gasteiger partial charge in [0.25, 0.3) is 0 Å². The number of benzene rings is 1. The van der Waals surface area contributed by atoms with Gasteiger partial charge in [-0.15, -0.1) is 0 Å². The minimum Gasteiger partial charge on any atom is -0.388 e. The van der Waals surface area contributed by atoms with Gasteiger partial charge in [0.1, 0.15) is 5.82 Å². The molecular weight excluding hydrogens is 292 g/mol. The van der Waals surface area contributed by atoms with E-state index in [0.29, 0.717) is 6.42 Å². The van der Waals surface area contributed by atoms with E-state index in [2.05, 4.69) is 27.8 Å². The van der Waals surface area contributed by atoms with Crippen LogP contribution < -0.4 is 0 Å². The first-order valence-corrected chi connectivity index (χ1v) is 6.84. The lowest BCUT2D eigenvalue weighted by Gasteiger charge is -2.13. The molecule has 0 aliphatic heterocycles. The second-order valence-corrected chi connectivity index (χ2v) is 5.33. The third-order valence-corrected chi connectivity index (χ3v) is 3.43. The van der Waals surface area contributed by atoms with Crippen molar-refractivity contribution < 1.29 is 5.11 Å². The van der Waals surface area contributed by atoms with Gasteiger partial charge in [0.15, 0.2) is 0 Å². The van der Waals surface area contributed by atoms with Crippen LogP contribution in [0.5, 0.6) is 0 Å². The zero-order valence-corrected chi connectivity index (χ0v) is 12.2. The van der Waals surface area contributed by atoms with Crippen molar-refractivity contribution in [1.82, 2.24) is 9.55 Å². The second kappa shape index (κ2) is 5.67. The summed E-state index contributed by atoms with van der Waals surface area (Å²) in [6, 6.07) is 5.99. The Morgan fingerprint density at radius 1 is 1.39 bits per heavy atom. The largest absolute Gasteiger partial charge is 0.388 e. The van der Waals surface area contributed by atoms with Crippen molar-refractivity contribution in [3.63, 3.8) is 0 Å². The van der Waals surface area contributed by atoms with Crippen molar-refractivity contribution in [2.24, 2.45) is 0 Å². The van der Waals surface area contributed by atoms with E-state index in [9.17, 15) is 5.11 Å². The lowest BCUT2D eigenvalue weighted by Crippen LogP contribution is -2.08. The standard InChI is InChI=1S/C14H17BrN2O/c1-3-17-5-4-16-14(17)9-13(18)11-6-10(2)7-12(15)8-11/h4-8,13,18H,3,9H2,1-2H3. The normalized spacial score (nSPS) is 12.7. The topological polar surface area (TPSA) is 38.0 Å². The third-order valence-electron chi connectivity index (χ3n) is 2.97. The van der Waals surface area contributed by atoms with Crippen LogP contribution in [0, 0.1) is 6.92 Å². The predicted octanol–water partition coefficient (Wildman–Crippen LogP) is 3.25. The molecule has 0 aliphatic carbocycles. The van der Waals surface area contributed by atoms with Crippen LogP contribution in [0.15, 0.2) is 35.1 Å².